The first-order valence-corrected chi connectivity index (χ1v) is 9.66. The quantitative estimate of drug-likeness (QED) is 0.613. The van der Waals surface area contributed by atoms with Crippen molar-refractivity contribution in [1.29, 1.82) is 5.26 Å². The lowest BCUT2D eigenvalue weighted by molar-refractivity contribution is -0.117. The van der Waals surface area contributed by atoms with Crippen LogP contribution in [-0.2, 0) is 4.79 Å². The van der Waals surface area contributed by atoms with Crippen LogP contribution in [0.4, 0.5) is 13.2 Å². The SMILES string of the molecule is C/C=C(\C)NC(CC(C)=O)c1sc(F)c(-c2ccc(F)c(C#N)c2)c1F.CC. The summed E-state index contributed by atoms with van der Waals surface area (Å²) in [5.74, 6) is -1.74. The minimum absolute atomic E-state index is 0.00560. The van der Waals surface area contributed by atoms with E-state index < -0.39 is 22.8 Å². The van der Waals surface area contributed by atoms with Crippen molar-refractivity contribution < 1.29 is 18.0 Å². The highest BCUT2D eigenvalue weighted by Gasteiger charge is 2.27. The molecule has 3 nitrogen and oxygen atoms in total. The fourth-order valence-corrected chi connectivity index (χ4v) is 3.47. The zero-order chi connectivity index (χ0) is 21.4. The molecule has 0 amide bonds. The number of rotatable bonds is 6. The van der Waals surface area contributed by atoms with E-state index in [1.165, 1.54) is 13.0 Å². The average Bonchev–Trinajstić information content (AvgIpc) is 2.97. The first-order valence-electron chi connectivity index (χ1n) is 8.85. The van der Waals surface area contributed by atoms with E-state index in [0.717, 1.165) is 17.8 Å². The summed E-state index contributed by atoms with van der Waals surface area (Å²) in [6.45, 7) is 8.92. The second-order valence-electron chi connectivity index (χ2n) is 5.81. The number of halogens is 3. The molecule has 7 heteroatoms. The van der Waals surface area contributed by atoms with Gasteiger partial charge in [0.2, 0.25) is 0 Å². The Kier molecular flexibility index (Phi) is 8.93. The molecule has 0 fully saturated rings. The summed E-state index contributed by atoms with van der Waals surface area (Å²) in [7, 11) is 0. The van der Waals surface area contributed by atoms with Crippen LogP contribution in [-0.4, -0.2) is 5.78 Å². The van der Waals surface area contributed by atoms with Crippen molar-refractivity contribution in [2.45, 2.75) is 47.1 Å². The van der Waals surface area contributed by atoms with Gasteiger partial charge in [0.15, 0.2) is 5.13 Å². The smallest absolute Gasteiger partial charge is 0.187 e. The molecule has 0 aliphatic rings. The van der Waals surface area contributed by atoms with Gasteiger partial charge in [-0.2, -0.15) is 9.65 Å². The Bertz CT molecular complexity index is 913. The normalized spacial score (nSPS) is 11.9. The summed E-state index contributed by atoms with van der Waals surface area (Å²) in [4.78, 5) is 11.6. The van der Waals surface area contributed by atoms with Crippen LogP contribution in [0.15, 0.2) is 30.0 Å². The fourth-order valence-electron chi connectivity index (χ4n) is 2.49. The predicted molar refractivity (Wildman–Crippen MR) is 106 cm³/mol. The summed E-state index contributed by atoms with van der Waals surface area (Å²) in [6.07, 6.45) is 1.75. The number of hydrogen-bond acceptors (Lipinski definition) is 4. The zero-order valence-electron chi connectivity index (χ0n) is 16.5. The number of benzene rings is 1. The van der Waals surface area contributed by atoms with E-state index in [1.807, 2.05) is 13.8 Å². The van der Waals surface area contributed by atoms with Crippen molar-refractivity contribution in [1.82, 2.24) is 5.32 Å². The number of nitrogens with one attached hydrogen (secondary N) is 1. The molecule has 1 aromatic heterocycles. The van der Waals surface area contributed by atoms with Crippen molar-refractivity contribution in [3.05, 3.63) is 57.2 Å². The van der Waals surface area contributed by atoms with E-state index in [9.17, 15) is 18.0 Å². The maximum Gasteiger partial charge on any atom is 0.187 e. The molecule has 1 unspecified atom stereocenters. The van der Waals surface area contributed by atoms with Gasteiger partial charge in [-0.1, -0.05) is 26.0 Å². The number of nitriles is 1. The molecule has 0 radical (unpaired) electrons. The number of ketones is 1. The van der Waals surface area contributed by atoms with Crippen LogP contribution in [0.25, 0.3) is 11.1 Å². The molecular weight excluding hydrogens is 385 g/mol. The molecule has 1 N–H and O–H groups in total. The molecule has 0 saturated carbocycles. The molecule has 2 rings (SSSR count). The van der Waals surface area contributed by atoms with Gasteiger partial charge in [0.05, 0.1) is 22.0 Å². The Morgan fingerprint density at radius 1 is 1.29 bits per heavy atom. The van der Waals surface area contributed by atoms with Crippen LogP contribution in [0.5, 0.6) is 0 Å². The minimum Gasteiger partial charge on any atom is -0.381 e. The van der Waals surface area contributed by atoms with Gasteiger partial charge in [-0.3, -0.25) is 4.79 Å². The Labute approximate surface area is 167 Å². The molecule has 1 aromatic carbocycles. The molecule has 1 atom stereocenters. The van der Waals surface area contributed by atoms with E-state index in [4.69, 9.17) is 5.26 Å². The largest absolute Gasteiger partial charge is 0.381 e. The van der Waals surface area contributed by atoms with E-state index in [1.54, 1.807) is 26.0 Å². The lowest BCUT2D eigenvalue weighted by atomic mass is 10.0. The van der Waals surface area contributed by atoms with Gasteiger partial charge in [0.1, 0.15) is 23.5 Å². The van der Waals surface area contributed by atoms with Gasteiger partial charge < -0.3 is 5.32 Å². The van der Waals surface area contributed by atoms with Gasteiger partial charge in [0.25, 0.3) is 0 Å². The van der Waals surface area contributed by atoms with Crippen molar-refractivity contribution >= 4 is 17.1 Å². The van der Waals surface area contributed by atoms with Gasteiger partial charge in [-0.25, -0.2) is 8.78 Å². The molecule has 0 aliphatic heterocycles. The molecule has 0 spiro atoms. The Morgan fingerprint density at radius 3 is 2.46 bits per heavy atom. The number of nitrogens with zero attached hydrogens (tertiary/aromatic N) is 1. The molecule has 1 heterocycles. The van der Waals surface area contributed by atoms with Crippen LogP contribution >= 0.6 is 11.3 Å². The fraction of sp³-hybridized carbons (Fsp3) is 0.333. The van der Waals surface area contributed by atoms with Gasteiger partial charge in [0, 0.05) is 12.1 Å². The number of allylic oxidation sites excluding steroid dienone is 2. The first kappa shape index (κ1) is 23.4. The Hall–Kier alpha value is -2.59. The van der Waals surface area contributed by atoms with Gasteiger partial charge in [-0.15, -0.1) is 11.3 Å². The van der Waals surface area contributed by atoms with E-state index in [-0.39, 0.29) is 33.8 Å². The molecule has 150 valence electrons. The maximum atomic E-state index is 15.0. The zero-order valence-corrected chi connectivity index (χ0v) is 17.3. The standard InChI is InChI=1S/C19H17F3N2OS.C2H6/c1-4-10(2)24-15(7-11(3)25)18-17(21)16(19(22)26-18)12-5-6-14(20)13(8-12)9-23;1-2/h4-6,8,15,24H,7H2,1-3H3;1-2H3/b10-4+;. The van der Waals surface area contributed by atoms with Crippen molar-refractivity contribution in [2.24, 2.45) is 0 Å². The monoisotopic (exact) mass is 408 g/mol. The lowest BCUT2D eigenvalue weighted by Crippen LogP contribution is -2.21. The topological polar surface area (TPSA) is 52.9 Å². The van der Waals surface area contributed by atoms with Crippen LogP contribution in [0.3, 0.4) is 0 Å². The van der Waals surface area contributed by atoms with Crippen molar-refractivity contribution in [2.75, 3.05) is 0 Å². The maximum absolute atomic E-state index is 15.0. The summed E-state index contributed by atoms with van der Waals surface area (Å²) >= 11 is 0.596. The van der Waals surface area contributed by atoms with E-state index in [2.05, 4.69) is 5.32 Å². The third-order valence-corrected chi connectivity index (χ3v) is 4.92. The first-order chi connectivity index (χ1) is 13.3. The average molecular weight is 408 g/mol. The highest BCUT2D eigenvalue weighted by molar-refractivity contribution is 7.10. The summed E-state index contributed by atoms with van der Waals surface area (Å²) in [6, 6.07) is 4.27. The highest BCUT2D eigenvalue weighted by Crippen LogP contribution is 2.39. The molecule has 2 aromatic rings. The van der Waals surface area contributed by atoms with E-state index >= 15 is 0 Å². The predicted octanol–water partition coefficient (Wildman–Crippen LogP) is 6.26. The third-order valence-electron chi connectivity index (χ3n) is 3.85. The second kappa shape index (κ2) is 10.7. The summed E-state index contributed by atoms with van der Waals surface area (Å²) in [5.41, 5.74) is 0.177. The number of carbonyl (C=O) groups excluding carboxylic acids is 1. The van der Waals surface area contributed by atoms with Gasteiger partial charge in [-0.05, 0) is 38.5 Å². The third kappa shape index (κ3) is 5.46. The molecular formula is C21H23F3N2OS. The second-order valence-corrected chi connectivity index (χ2v) is 6.81. The van der Waals surface area contributed by atoms with Crippen LogP contribution in [0.2, 0.25) is 0 Å². The number of thiophene rings is 1. The Balaban J connectivity index is 0.00000190. The molecule has 0 bridgehead atoms. The van der Waals surface area contributed by atoms with Crippen LogP contribution in [0.1, 0.15) is 57.5 Å². The van der Waals surface area contributed by atoms with Gasteiger partial charge >= 0.3 is 0 Å². The molecule has 28 heavy (non-hydrogen) atoms. The number of carbonyl (C=O) groups is 1. The minimum atomic E-state index is -0.814. The van der Waals surface area contributed by atoms with Crippen molar-refractivity contribution in [3.8, 4) is 17.2 Å². The number of Topliss-reactive ketones (excluding diaryl/α,β-unsaturated/α-hetero) is 1. The summed E-state index contributed by atoms with van der Waals surface area (Å²) < 4.78 is 43.0. The lowest BCUT2D eigenvalue weighted by Gasteiger charge is -2.18. The summed E-state index contributed by atoms with van der Waals surface area (Å²) in [5, 5.41) is 11.1. The number of hydrogen-bond donors (Lipinski definition) is 1. The van der Waals surface area contributed by atoms with Crippen LogP contribution in [0, 0.1) is 28.1 Å². The van der Waals surface area contributed by atoms with Crippen LogP contribution < -0.4 is 5.32 Å². The van der Waals surface area contributed by atoms with Crippen molar-refractivity contribution in [3.63, 3.8) is 0 Å². The van der Waals surface area contributed by atoms with E-state index in [0.29, 0.717) is 11.3 Å². The Morgan fingerprint density at radius 2 is 1.93 bits per heavy atom. The molecule has 0 aliphatic carbocycles. The highest BCUT2D eigenvalue weighted by atomic mass is 32.1. The molecule has 0 saturated heterocycles.